The summed E-state index contributed by atoms with van der Waals surface area (Å²) < 4.78 is 0. The van der Waals surface area contributed by atoms with Gasteiger partial charge in [-0.05, 0) is 17.2 Å². The van der Waals surface area contributed by atoms with E-state index in [1.54, 1.807) is 5.19 Å². The molecule has 2 aromatic rings. The fourth-order valence-corrected chi connectivity index (χ4v) is 7.38. The highest BCUT2D eigenvalue weighted by Gasteiger charge is 2.25. The topological polar surface area (TPSA) is 0 Å². The molecule has 0 aliphatic carbocycles. The van der Waals surface area contributed by atoms with Gasteiger partial charge in [-0.15, -0.1) is 0 Å². The second kappa shape index (κ2) is 7.86. The van der Waals surface area contributed by atoms with Gasteiger partial charge in [0.2, 0.25) is 0 Å². The summed E-state index contributed by atoms with van der Waals surface area (Å²) in [5.41, 5.74) is 1.44. The molecule has 0 aliphatic heterocycles. The van der Waals surface area contributed by atoms with Crippen molar-refractivity contribution in [2.24, 2.45) is 5.92 Å². The Balaban J connectivity index is 1.80. The van der Waals surface area contributed by atoms with Crippen molar-refractivity contribution in [2.75, 3.05) is 5.75 Å². The number of hydrogen-bond donors (Lipinski definition) is 0. The highest BCUT2D eigenvalue weighted by atomic mass is 32.2. The van der Waals surface area contributed by atoms with Crippen molar-refractivity contribution in [2.45, 2.75) is 31.8 Å². The van der Waals surface area contributed by atoms with Gasteiger partial charge in [0.15, 0.2) is 0 Å². The van der Waals surface area contributed by atoms with Gasteiger partial charge in [-0.2, -0.15) is 11.8 Å². The van der Waals surface area contributed by atoms with Gasteiger partial charge in [0, 0.05) is 5.75 Å². The number of thioether (sulfide) groups is 1. The fourth-order valence-electron chi connectivity index (χ4n) is 2.89. The molecule has 2 rings (SSSR count). The third-order valence-corrected chi connectivity index (χ3v) is 8.88. The molecule has 0 N–H and O–H groups in total. The maximum atomic E-state index is 2.50. The first-order valence-corrected chi connectivity index (χ1v) is 12.1. The lowest BCUT2D eigenvalue weighted by atomic mass is 10.2. The molecule has 2 heteroatoms. The third kappa shape index (κ3) is 5.37. The van der Waals surface area contributed by atoms with E-state index in [1.165, 1.54) is 17.4 Å². The zero-order valence-corrected chi connectivity index (χ0v) is 15.2. The molecular formula is C19H26SSi. The Morgan fingerprint density at radius 1 is 0.905 bits per heavy atom. The second-order valence-corrected chi connectivity index (χ2v) is 12.3. The van der Waals surface area contributed by atoms with E-state index in [0.29, 0.717) is 0 Å². The predicted octanol–water partition coefficient (Wildman–Crippen LogP) is 5.17. The summed E-state index contributed by atoms with van der Waals surface area (Å²) >= 11 is 2.07. The zero-order valence-electron chi connectivity index (χ0n) is 13.4. The van der Waals surface area contributed by atoms with E-state index in [1.807, 2.05) is 0 Å². The molecule has 0 bridgehead atoms. The molecule has 0 aromatic heterocycles. The first-order valence-electron chi connectivity index (χ1n) is 7.75. The summed E-state index contributed by atoms with van der Waals surface area (Å²) in [6, 6.07) is 23.3. The van der Waals surface area contributed by atoms with Crippen LogP contribution in [-0.2, 0) is 5.75 Å². The van der Waals surface area contributed by atoms with Crippen molar-refractivity contribution in [1.29, 1.82) is 0 Å². The van der Waals surface area contributed by atoms with Crippen LogP contribution in [0.2, 0.25) is 19.1 Å². The molecule has 0 fully saturated rings. The lowest BCUT2D eigenvalue weighted by Crippen LogP contribution is -2.42. The Kier molecular flexibility index (Phi) is 6.13. The van der Waals surface area contributed by atoms with Crippen LogP contribution in [0.25, 0.3) is 0 Å². The van der Waals surface area contributed by atoms with Crippen LogP contribution >= 0.6 is 11.8 Å². The van der Waals surface area contributed by atoms with Crippen LogP contribution in [0.4, 0.5) is 0 Å². The van der Waals surface area contributed by atoms with Crippen LogP contribution in [0.1, 0.15) is 12.5 Å². The standard InChI is InChI=1S/C19H26SSi/c1-17(14-20-15-18-10-6-4-7-11-18)16-21(2,3)19-12-8-5-9-13-19/h4-13,17H,14-16H2,1-3H3. The minimum Gasteiger partial charge on any atom is -0.157 e. The van der Waals surface area contributed by atoms with Crippen molar-refractivity contribution in [3.63, 3.8) is 0 Å². The van der Waals surface area contributed by atoms with Crippen LogP contribution in [0, 0.1) is 5.92 Å². The Morgan fingerprint density at radius 2 is 1.48 bits per heavy atom. The molecule has 112 valence electrons. The summed E-state index contributed by atoms with van der Waals surface area (Å²) in [6.45, 7) is 7.41. The van der Waals surface area contributed by atoms with Gasteiger partial charge in [-0.25, -0.2) is 0 Å². The molecule has 0 saturated heterocycles. The molecular weight excluding hydrogens is 288 g/mol. The molecule has 2 aromatic carbocycles. The molecule has 21 heavy (non-hydrogen) atoms. The molecule has 0 spiro atoms. The highest BCUT2D eigenvalue weighted by molar-refractivity contribution is 7.98. The second-order valence-electron chi connectivity index (χ2n) is 6.56. The minimum absolute atomic E-state index is 0.792. The van der Waals surface area contributed by atoms with Crippen LogP contribution < -0.4 is 5.19 Å². The molecule has 0 saturated carbocycles. The lowest BCUT2D eigenvalue weighted by Gasteiger charge is -2.26. The van der Waals surface area contributed by atoms with Crippen LogP contribution in [0.3, 0.4) is 0 Å². The maximum Gasteiger partial charge on any atom is 0.0809 e. The van der Waals surface area contributed by atoms with Crippen molar-refractivity contribution in [1.82, 2.24) is 0 Å². The molecule has 0 aliphatic rings. The van der Waals surface area contributed by atoms with E-state index in [9.17, 15) is 0 Å². The maximum absolute atomic E-state index is 2.50. The van der Waals surface area contributed by atoms with Crippen molar-refractivity contribution in [3.05, 3.63) is 66.2 Å². The Morgan fingerprint density at radius 3 is 2.10 bits per heavy atom. The average molecular weight is 315 g/mol. The largest absolute Gasteiger partial charge is 0.157 e. The van der Waals surface area contributed by atoms with Crippen LogP contribution in [0.5, 0.6) is 0 Å². The number of hydrogen-bond acceptors (Lipinski definition) is 1. The summed E-state index contributed by atoms with van der Waals surface area (Å²) in [5.74, 6) is 3.19. The molecule has 0 radical (unpaired) electrons. The van der Waals surface area contributed by atoms with Crippen molar-refractivity contribution >= 4 is 25.0 Å². The fraction of sp³-hybridized carbons (Fsp3) is 0.368. The Bertz CT molecular complexity index is 522. The summed E-state index contributed by atoms with van der Waals surface area (Å²) in [7, 11) is -1.29. The molecule has 1 unspecified atom stereocenters. The summed E-state index contributed by atoms with van der Waals surface area (Å²) in [6.07, 6.45) is 0. The van der Waals surface area contributed by atoms with E-state index >= 15 is 0 Å². The monoisotopic (exact) mass is 314 g/mol. The Labute approximate surface area is 135 Å². The van der Waals surface area contributed by atoms with E-state index in [2.05, 4.69) is 92.4 Å². The average Bonchev–Trinajstić information content (AvgIpc) is 2.49. The van der Waals surface area contributed by atoms with E-state index < -0.39 is 8.07 Å². The number of benzene rings is 2. The predicted molar refractivity (Wildman–Crippen MR) is 100 cm³/mol. The third-order valence-electron chi connectivity index (χ3n) is 3.93. The van der Waals surface area contributed by atoms with Gasteiger partial charge in [0.1, 0.15) is 0 Å². The van der Waals surface area contributed by atoms with Crippen molar-refractivity contribution in [3.8, 4) is 0 Å². The summed E-state index contributed by atoms with van der Waals surface area (Å²) in [4.78, 5) is 0. The van der Waals surface area contributed by atoms with Crippen LogP contribution in [0.15, 0.2) is 60.7 Å². The normalized spacial score (nSPS) is 13.1. The molecule has 0 heterocycles. The van der Waals surface area contributed by atoms with E-state index in [0.717, 1.165) is 11.7 Å². The van der Waals surface area contributed by atoms with Gasteiger partial charge < -0.3 is 0 Å². The van der Waals surface area contributed by atoms with Gasteiger partial charge in [-0.1, -0.05) is 91.9 Å². The lowest BCUT2D eigenvalue weighted by molar-refractivity contribution is 0.735. The smallest absolute Gasteiger partial charge is 0.0809 e. The van der Waals surface area contributed by atoms with Gasteiger partial charge >= 0.3 is 0 Å². The molecule has 1 atom stereocenters. The minimum atomic E-state index is -1.29. The van der Waals surface area contributed by atoms with Crippen molar-refractivity contribution < 1.29 is 0 Å². The number of rotatable bonds is 7. The van der Waals surface area contributed by atoms with E-state index in [4.69, 9.17) is 0 Å². The first kappa shape index (κ1) is 16.4. The van der Waals surface area contributed by atoms with E-state index in [-0.39, 0.29) is 0 Å². The SMILES string of the molecule is CC(CSCc1ccccc1)C[Si](C)(C)c1ccccc1. The van der Waals surface area contributed by atoms with Gasteiger partial charge in [0.05, 0.1) is 8.07 Å². The highest BCUT2D eigenvalue weighted by Crippen LogP contribution is 2.22. The first-order chi connectivity index (χ1) is 10.1. The van der Waals surface area contributed by atoms with Crippen LogP contribution in [-0.4, -0.2) is 13.8 Å². The molecule has 0 amide bonds. The zero-order chi connectivity index (χ0) is 15.1. The quantitative estimate of drug-likeness (QED) is 0.635. The Hall–Kier alpha value is -0.993. The molecule has 0 nitrogen and oxygen atoms in total. The van der Waals surface area contributed by atoms with Gasteiger partial charge in [0.25, 0.3) is 0 Å². The summed E-state index contributed by atoms with van der Waals surface area (Å²) in [5, 5.41) is 1.59. The van der Waals surface area contributed by atoms with Gasteiger partial charge in [-0.3, -0.25) is 0 Å².